The molecule has 1 amide bonds. The average molecular weight is 300 g/mol. The van der Waals surface area contributed by atoms with Crippen molar-refractivity contribution in [3.05, 3.63) is 29.8 Å². The third kappa shape index (κ3) is 6.78. The minimum Gasteiger partial charge on any atom is -0.491 e. The van der Waals surface area contributed by atoms with Gasteiger partial charge in [-0.15, -0.1) is 11.6 Å². The fourth-order valence-electron chi connectivity index (χ4n) is 1.62. The van der Waals surface area contributed by atoms with Crippen molar-refractivity contribution in [1.82, 2.24) is 5.32 Å². The lowest BCUT2D eigenvalue weighted by Crippen LogP contribution is -2.25. The van der Waals surface area contributed by atoms with E-state index in [1.54, 1.807) is 12.1 Å². The van der Waals surface area contributed by atoms with Crippen molar-refractivity contribution >= 4 is 17.5 Å². The molecule has 0 aromatic heterocycles. The van der Waals surface area contributed by atoms with Crippen LogP contribution in [-0.2, 0) is 4.74 Å². The van der Waals surface area contributed by atoms with Gasteiger partial charge in [-0.2, -0.15) is 0 Å². The van der Waals surface area contributed by atoms with E-state index in [0.29, 0.717) is 37.0 Å². The Hall–Kier alpha value is -1.26. The molecule has 0 radical (unpaired) electrons. The van der Waals surface area contributed by atoms with E-state index < -0.39 is 0 Å². The quantitative estimate of drug-likeness (QED) is 0.563. The van der Waals surface area contributed by atoms with Gasteiger partial charge in [-0.1, -0.05) is 6.07 Å². The molecule has 1 aromatic rings. The zero-order chi connectivity index (χ0) is 14.8. The monoisotopic (exact) mass is 299 g/mol. The van der Waals surface area contributed by atoms with Crippen LogP contribution in [0.3, 0.4) is 0 Å². The average Bonchev–Trinajstić information content (AvgIpc) is 2.42. The summed E-state index contributed by atoms with van der Waals surface area (Å²) in [5.74, 6) is 1.10. The van der Waals surface area contributed by atoms with Gasteiger partial charge in [0.1, 0.15) is 5.75 Å². The predicted octanol–water partition coefficient (Wildman–Crippen LogP) is 2.85. The van der Waals surface area contributed by atoms with Crippen LogP contribution >= 0.6 is 11.6 Å². The van der Waals surface area contributed by atoms with Gasteiger partial charge in [-0.25, -0.2) is 0 Å². The standard InChI is InChI=1S/C15H22ClNO3/c1-12(2)20-14-6-3-5-13(11-14)15(18)17-8-4-9-19-10-7-16/h3,5-6,11-12H,4,7-10H2,1-2H3,(H,17,18). The Labute approximate surface area is 125 Å². The van der Waals surface area contributed by atoms with Crippen LogP contribution in [0.5, 0.6) is 5.75 Å². The second kappa shape index (κ2) is 9.61. The number of ether oxygens (including phenoxy) is 2. The van der Waals surface area contributed by atoms with Gasteiger partial charge < -0.3 is 14.8 Å². The summed E-state index contributed by atoms with van der Waals surface area (Å²) >= 11 is 5.49. The highest BCUT2D eigenvalue weighted by Gasteiger charge is 2.06. The lowest BCUT2D eigenvalue weighted by molar-refractivity contribution is 0.0943. The molecule has 5 heteroatoms. The zero-order valence-electron chi connectivity index (χ0n) is 12.0. The number of hydrogen-bond acceptors (Lipinski definition) is 3. The maximum Gasteiger partial charge on any atom is 0.251 e. The Balaban J connectivity index is 2.35. The SMILES string of the molecule is CC(C)Oc1cccc(C(=O)NCCCOCCCl)c1. The summed E-state index contributed by atoms with van der Waals surface area (Å²) in [4.78, 5) is 11.9. The van der Waals surface area contributed by atoms with Crippen LogP contribution in [0.15, 0.2) is 24.3 Å². The van der Waals surface area contributed by atoms with E-state index in [4.69, 9.17) is 21.1 Å². The molecule has 112 valence electrons. The first-order valence-corrected chi connectivity index (χ1v) is 7.35. The Morgan fingerprint density at radius 1 is 1.35 bits per heavy atom. The van der Waals surface area contributed by atoms with E-state index >= 15 is 0 Å². The van der Waals surface area contributed by atoms with E-state index in [-0.39, 0.29) is 12.0 Å². The summed E-state index contributed by atoms with van der Waals surface area (Å²) < 4.78 is 10.8. The van der Waals surface area contributed by atoms with Crippen LogP contribution in [-0.4, -0.2) is 37.6 Å². The first kappa shape index (κ1) is 16.8. The second-order valence-corrected chi connectivity index (χ2v) is 4.98. The van der Waals surface area contributed by atoms with E-state index in [0.717, 1.165) is 6.42 Å². The highest BCUT2D eigenvalue weighted by molar-refractivity contribution is 6.17. The third-order valence-corrected chi connectivity index (χ3v) is 2.59. The molecule has 0 spiro atoms. The molecular formula is C15H22ClNO3. The summed E-state index contributed by atoms with van der Waals surface area (Å²) in [6.07, 6.45) is 0.859. The fraction of sp³-hybridized carbons (Fsp3) is 0.533. The summed E-state index contributed by atoms with van der Waals surface area (Å²) in [6.45, 7) is 5.63. The molecular weight excluding hydrogens is 278 g/mol. The van der Waals surface area contributed by atoms with Crippen LogP contribution in [0.25, 0.3) is 0 Å². The summed E-state index contributed by atoms with van der Waals surface area (Å²) in [5, 5.41) is 2.85. The minimum atomic E-state index is -0.100. The molecule has 0 heterocycles. The number of alkyl halides is 1. The van der Waals surface area contributed by atoms with E-state index in [1.165, 1.54) is 0 Å². The normalized spacial score (nSPS) is 10.6. The molecule has 4 nitrogen and oxygen atoms in total. The van der Waals surface area contributed by atoms with Crippen molar-refractivity contribution < 1.29 is 14.3 Å². The first-order valence-electron chi connectivity index (χ1n) is 6.82. The molecule has 0 aliphatic heterocycles. The van der Waals surface area contributed by atoms with Gasteiger partial charge in [0.15, 0.2) is 0 Å². The van der Waals surface area contributed by atoms with Gasteiger partial charge >= 0.3 is 0 Å². The van der Waals surface area contributed by atoms with E-state index in [1.807, 2.05) is 26.0 Å². The lowest BCUT2D eigenvalue weighted by Gasteiger charge is -2.11. The second-order valence-electron chi connectivity index (χ2n) is 4.61. The molecule has 0 aliphatic carbocycles. The number of rotatable bonds is 9. The Morgan fingerprint density at radius 2 is 2.15 bits per heavy atom. The molecule has 0 fully saturated rings. The number of carbonyl (C=O) groups is 1. The number of benzene rings is 1. The summed E-state index contributed by atoms with van der Waals surface area (Å²) in [7, 11) is 0. The molecule has 1 N–H and O–H groups in total. The lowest BCUT2D eigenvalue weighted by atomic mass is 10.2. The number of halogens is 1. The van der Waals surface area contributed by atoms with Crippen LogP contribution < -0.4 is 10.1 Å². The Morgan fingerprint density at radius 3 is 2.85 bits per heavy atom. The van der Waals surface area contributed by atoms with Crippen molar-refractivity contribution in [3.8, 4) is 5.75 Å². The minimum absolute atomic E-state index is 0.0902. The molecule has 0 aliphatic rings. The van der Waals surface area contributed by atoms with Gasteiger partial charge in [0.05, 0.1) is 12.7 Å². The van der Waals surface area contributed by atoms with Crippen molar-refractivity contribution in [2.75, 3.05) is 25.6 Å². The third-order valence-electron chi connectivity index (χ3n) is 2.44. The molecule has 20 heavy (non-hydrogen) atoms. The maximum absolute atomic E-state index is 11.9. The largest absolute Gasteiger partial charge is 0.491 e. The smallest absolute Gasteiger partial charge is 0.251 e. The first-order chi connectivity index (χ1) is 9.63. The van der Waals surface area contributed by atoms with Gasteiger partial charge in [-0.3, -0.25) is 4.79 Å². The van der Waals surface area contributed by atoms with Gasteiger partial charge in [0.2, 0.25) is 0 Å². The van der Waals surface area contributed by atoms with Crippen LogP contribution in [0, 0.1) is 0 Å². The topological polar surface area (TPSA) is 47.6 Å². The predicted molar refractivity (Wildman–Crippen MR) is 80.7 cm³/mol. The highest BCUT2D eigenvalue weighted by atomic mass is 35.5. The number of amides is 1. The maximum atomic E-state index is 11.9. The number of nitrogens with one attached hydrogen (secondary N) is 1. The van der Waals surface area contributed by atoms with Crippen molar-refractivity contribution in [1.29, 1.82) is 0 Å². The summed E-state index contributed by atoms with van der Waals surface area (Å²) in [6, 6.07) is 7.18. The molecule has 0 atom stereocenters. The van der Waals surface area contributed by atoms with Crippen molar-refractivity contribution in [3.63, 3.8) is 0 Å². The number of carbonyl (C=O) groups excluding carboxylic acids is 1. The number of hydrogen-bond donors (Lipinski definition) is 1. The van der Waals surface area contributed by atoms with E-state index in [9.17, 15) is 4.79 Å². The fourth-order valence-corrected chi connectivity index (χ4v) is 1.73. The van der Waals surface area contributed by atoms with Gasteiger partial charge in [0.25, 0.3) is 5.91 Å². The highest BCUT2D eigenvalue weighted by Crippen LogP contribution is 2.14. The Bertz CT molecular complexity index is 410. The van der Waals surface area contributed by atoms with Gasteiger partial charge in [-0.05, 0) is 38.5 Å². The molecule has 0 saturated heterocycles. The van der Waals surface area contributed by atoms with Gasteiger partial charge in [0, 0.05) is 24.6 Å². The van der Waals surface area contributed by atoms with Crippen LogP contribution in [0.4, 0.5) is 0 Å². The van der Waals surface area contributed by atoms with Crippen molar-refractivity contribution in [2.24, 2.45) is 0 Å². The molecule has 0 saturated carbocycles. The molecule has 1 aromatic carbocycles. The van der Waals surface area contributed by atoms with E-state index in [2.05, 4.69) is 5.32 Å². The summed E-state index contributed by atoms with van der Waals surface area (Å²) in [5.41, 5.74) is 0.602. The molecule has 0 unspecified atom stereocenters. The Kier molecular flexibility index (Phi) is 8.07. The molecule has 0 bridgehead atoms. The zero-order valence-corrected chi connectivity index (χ0v) is 12.8. The van der Waals surface area contributed by atoms with Crippen molar-refractivity contribution in [2.45, 2.75) is 26.4 Å². The van der Waals surface area contributed by atoms with Crippen LogP contribution in [0.2, 0.25) is 0 Å². The molecule has 1 rings (SSSR count). The van der Waals surface area contributed by atoms with Crippen LogP contribution in [0.1, 0.15) is 30.6 Å².